The lowest BCUT2D eigenvalue weighted by Crippen LogP contribution is -2.26. The summed E-state index contributed by atoms with van der Waals surface area (Å²) in [5.74, 6) is -0.421. The smallest absolute Gasteiger partial charge is 0.262 e. The number of rotatable bonds is 4. The standard InChI is InChI=1S/C13H15N3O2S/c1-3-16-12(18)9-6-4-5-7-10(9)15-13(16)19-8(2)11(14)17/h4-8H,3H2,1-2H3,(H2,14,17)/t8-/m1/s1. The Morgan fingerprint density at radius 1 is 1.47 bits per heavy atom. The van der Waals surface area contributed by atoms with E-state index in [1.165, 1.54) is 11.8 Å². The largest absolute Gasteiger partial charge is 0.369 e. The Kier molecular flexibility index (Phi) is 3.90. The lowest BCUT2D eigenvalue weighted by molar-refractivity contribution is -0.117. The predicted molar refractivity (Wildman–Crippen MR) is 76.2 cm³/mol. The lowest BCUT2D eigenvalue weighted by atomic mass is 10.2. The maximum absolute atomic E-state index is 12.3. The summed E-state index contributed by atoms with van der Waals surface area (Å²) >= 11 is 1.21. The molecule has 0 aliphatic heterocycles. The van der Waals surface area contributed by atoms with Gasteiger partial charge in [-0.1, -0.05) is 23.9 Å². The fraction of sp³-hybridized carbons (Fsp3) is 0.308. The van der Waals surface area contributed by atoms with Crippen LogP contribution in [0.3, 0.4) is 0 Å². The van der Waals surface area contributed by atoms with Crippen LogP contribution in [0, 0.1) is 0 Å². The van der Waals surface area contributed by atoms with Gasteiger partial charge in [-0.25, -0.2) is 4.98 Å². The quantitative estimate of drug-likeness (QED) is 0.676. The van der Waals surface area contributed by atoms with Crippen LogP contribution in [0.1, 0.15) is 13.8 Å². The molecule has 0 spiro atoms. The Labute approximate surface area is 114 Å². The molecule has 2 aromatic rings. The molecule has 0 saturated carbocycles. The molecule has 1 heterocycles. The number of benzene rings is 1. The SMILES string of the molecule is CCn1c(S[C@H](C)C(N)=O)nc2ccccc2c1=O. The van der Waals surface area contributed by atoms with E-state index in [2.05, 4.69) is 4.98 Å². The summed E-state index contributed by atoms with van der Waals surface area (Å²) in [4.78, 5) is 27.9. The van der Waals surface area contributed by atoms with Crippen LogP contribution in [0.2, 0.25) is 0 Å². The highest BCUT2D eigenvalue weighted by atomic mass is 32.2. The number of fused-ring (bicyclic) bond motifs is 1. The second-order valence-corrected chi connectivity index (χ2v) is 5.43. The molecule has 0 fully saturated rings. The molecule has 0 unspecified atom stereocenters. The number of hydrogen-bond donors (Lipinski definition) is 1. The van der Waals surface area contributed by atoms with Gasteiger partial charge in [0.2, 0.25) is 5.91 Å². The van der Waals surface area contributed by atoms with E-state index < -0.39 is 11.2 Å². The van der Waals surface area contributed by atoms with Gasteiger partial charge in [-0.3, -0.25) is 14.2 Å². The van der Waals surface area contributed by atoms with Crippen molar-refractivity contribution in [3.05, 3.63) is 34.6 Å². The average Bonchev–Trinajstić information content (AvgIpc) is 2.39. The highest BCUT2D eigenvalue weighted by Crippen LogP contribution is 2.22. The zero-order valence-electron chi connectivity index (χ0n) is 10.8. The molecular formula is C13H15N3O2S. The van der Waals surface area contributed by atoms with Gasteiger partial charge in [0.15, 0.2) is 5.16 Å². The Hall–Kier alpha value is -1.82. The molecule has 0 aliphatic carbocycles. The number of amides is 1. The molecule has 0 radical (unpaired) electrons. The molecule has 2 N–H and O–H groups in total. The molecule has 1 aromatic carbocycles. The zero-order valence-corrected chi connectivity index (χ0v) is 11.6. The van der Waals surface area contributed by atoms with Gasteiger partial charge in [0.25, 0.3) is 5.56 Å². The van der Waals surface area contributed by atoms with Crippen molar-refractivity contribution in [2.75, 3.05) is 0 Å². The van der Waals surface area contributed by atoms with Crippen molar-refractivity contribution in [1.29, 1.82) is 0 Å². The molecule has 100 valence electrons. The lowest BCUT2D eigenvalue weighted by Gasteiger charge is -2.13. The van der Waals surface area contributed by atoms with Gasteiger partial charge in [0.1, 0.15) is 0 Å². The molecule has 1 amide bonds. The second-order valence-electron chi connectivity index (χ2n) is 4.12. The fourth-order valence-electron chi connectivity index (χ4n) is 1.73. The highest BCUT2D eigenvalue weighted by Gasteiger charge is 2.16. The van der Waals surface area contributed by atoms with Crippen LogP contribution in [-0.2, 0) is 11.3 Å². The fourth-order valence-corrected chi connectivity index (χ4v) is 2.66. The number of para-hydroxylation sites is 1. The van der Waals surface area contributed by atoms with Crippen molar-refractivity contribution in [3.8, 4) is 0 Å². The van der Waals surface area contributed by atoms with Crippen LogP contribution in [0.25, 0.3) is 10.9 Å². The van der Waals surface area contributed by atoms with E-state index in [1.807, 2.05) is 19.1 Å². The summed E-state index contributed by atoms with van der Waals surface area (Å²) in [7, 11) is 0. The van der Waals surface area contributed by atoms with Crippen LogP contribution >= 0.6 is 11.8 Å². The third-order valence-corrected chi connectivity index (χ3v) is 3.93. The van der Waals surface area contributed by atoms with Crippen LogP contribution in [0.15, 0.2) is 34.2 Å². The van der Waals surface area contributed by atoms with Crippen molar-refractivity contribution < 1.29 is 4.79 Å². The van der Waals surface area contributed by atoms with Crippen LogP contribution in [0.4, 0.5) is 0 Å². The van der Waals surface area contributed by atoms with Crippen LogP contribution in [0.5, 0.6) is 0 Å². The van der Waals surface area contributed by atoms with Gasteiger partial charge in [0, 0.05) is 6.54 Å². The predicted octanol–water partition coefficient (Wildman–Crippen LogP) is 1.38. The van der Waals surface area contributed by atoms with Crippen LogP contribution < -0.4 is 11.3 Å². The number of hydrogen-bond acceptors (Lipinski definition) is 4. The van der Waals surface area contributed by atoms with E-state index in [1.54, 1.807) is 23.6 Å². The van der Waals surface area contributed by atoms with Gasteiger partial charge in [0.05, 0.1) is 16.2 Å². The highest BCUT2D eigenvalue weighted by molar-refractivity contribution is 8.00. The average molecular weight is 277 g/mol. The number of carbonyl (C=O) groups is 1. The molecular weight excluding hydrogens is 262 g/mol. The maximum atomic E-state index is 12.3. The molecule has 1 atom stereocenters. The Morgan fingerprint density at radius 3 is 2.79 bits per heavy atom. The van der Waals surface area contributed by atoms with Gasteiger partial charge >= 0.3 is 0 Å². The minimum absolute atomic E-state index is 0.0905. The van der Waals surface area contributed by atoms with Crippen molar-refractivity contribution in [1.82, 2.24) is 9.55 Å². The van der Waals surface area contributed by atoms with Crippen molar-refractivity contribution in [2.45, 2.75) is 30.8 Å². The van der Waals surface area contributed by atoms with Crippen molar-refractivity contribution in [2.24, 2.45) is 5.73 Å². The minimum atomic E-state index is -0.425. The summed E-state index contributed by atoms with van der Waals surface area (Å²) in [5, 5.41) is 0.684. The van der Waals surface area contributed by atoms with Gasteiger partial charge in [-0.2, -0.15) is 0 Å². The van der Waals surface area contributed by atoms with Gasteiger partial charge in [-0.15, -0.1) is 0 Å². The Balaban J connectivity index is 2.60. The number of nitrogens with two attached hydrogens (primary N) is 1. The maximum Gasteiger partial charge on any atom is 0.262 e. The second kappa shape index (κ2) is 5.44. The summed E-state index contributed by atoms with van der Waals surface area (Å²) in [6.45, 7) is 4.08. The van der Waals surface area contributed by atoms with E-state index in [9.17, 15) is 9.59 Å². The van der Waals surface area contributed by atoms with E-state index in [4.69, 9.17) is 5.73 Å². The molecule has 2 rings (SSSR count). The number of thioether (sulfide) groups is 1. The topological polar surface area (TPSA) is 78.0 Å². The Morgan fingerprint density at radius 2 is 2.16 bits per heavy atom. The third-order valence-electron chi connectivity index (χ3n) is 2.83. The molecule has 5 nitrogen and oxygen atoms in total. The summed E-state index contributed by atoms with van der Waals surface area (Å²) < 4.78 is 1.56. The Bertz CT molecular complexity index is 681. The first kappa shape index (κ1) is 13.6. The molecule has 0 saturated heterocycles. The van der Waals surface area contributed by atoms with E-state index >= 15 is 0 Å². The number of nitrogens with zero attached hydrogens (tertiary/aromatic N) is 2. The van der Waals surface area contributed by atoms with Gasteiger partial charge in [-0.05, 0) is 26.0 Å². The molecule has 0 aliphatic rings. The summed E-state index contributed by atoms with van der Waals surface area (Å²) in [6.07, 6.45) is 0. The third kappa shape index (κ3) is 2.63. The zero-order chi connectivity index (χ0) is 14.0. The molecule has 6 heteroatoms. The monoisotopic (exact) mass is 277 g/mol. The van der Waals surface area contributed by atoms with Crippen molar-refractivity contribution in [3.63, 3.8) is 0 Å². The summed E-state index contributed by atoms with van der Waals surface area (Å²) in [5.41, 5.74) is 5.80. The van der Waals surface area contributed by atoms with Crippen molar-refractivity contribution >= 4 is 28.6 Å². The normalized spacial score (nSPS) is 12.5. The number of carbonyl (C=O) groups excluding carboxylic acids is 1. The first-order valence-corrected chi connectivity index (χ1v) is 6.88. The first-order chi connectivity index (χ1) is 9.04. The number of primary amides is 1. The molecule has 19 heavy (non-hydrogen) atoms. The van der Waals surface area contributed by atoms with Gasteiger partial charge < -0.3 is 5.73 Å². The minimum Gasteiger partial charge on any atom is -0.369 e. The van der Waals surface area contributed by atoms with E-state index in [0.717, 1.165) is 0 Å². The molecule has 1 aromatic heterocycles. The summed E-state index contributed by atoms with van der Waals surface area (Å²) in [6, 6.07) is 7.18. The van der Waals surface area contributed by atoms with E-state index in [-0.39, 0.29) is 5.56 Å². The molecule has 0 bridgehead atoms. The van der Waals surface area contributed by atoms with Crippen LogP contribution in [-0.4, -0.2) is 20.7 Å². The van der Waals surface area contributed by atoms with E-state index in [0.29, 0.717) is 22.6 Å². The number of aromatic nitrogens is 2. The first-order valence-electron chi connectivity index (χ1n) is 6.00.